The van der Waals surface area contributed by atoms with Gasteiger partial charge in [0.1, 0.15) is 11.7 Å². The highest BCUT2D eigenvalue weighted by molar-refractivity contribution is 5.94. The molecular formula is C24H25F3N8O. The van der Waals surface area contributed by atoms with Gasteiger partial charge in [-0.3, -0.25) is 4.79 Å². The molecule has 0 radical (unpaired) electrons. The van der Waals surface area contributed by atoms with Gasteiger partial charge in [0, 0.05) is 55.6 Å². The molecule has 3 N–H and O–H groups in total. The first-order valence-electron chi connectivity index (χ1n) is 11.8. The Kier molecular flexibility index (Phi) is 6.26. The van der Waals surface area contributed by atoms with Crippen molar-refractivity contribution in [1.29, 1.82) is 5.26 Å². The molecule has 5 rings (SSSR count). The number of piperidine rings is 1. The second-order valence-corrected chi connectivity index (χ2v) is 9.34. The molecule has 0 bridgehead atoms. The number of nitrogens with one attached hydrogen (secondary N) is 3. The maximum absolute atomic E-state index is 13.3. The van der Waals surface area contributed by atoms with Crippen LogP contribution in [-0.4, -0.2) is 63.0 Å². The summed E-state index contributed by atoms with van der Waals surface area (Å²) in [6.45, 7) is 4.92. The van der Waals surface area contributed by atoms with Crippen molar-refractivity contribution < 1.29 is 18.0 Å². The van der Waals surface area contributed by atoms with Gasteiger partial charge in [-0.05, 0) is 31.7 Å². The van der Waals surface area contributed by atoms with E-state index < -0.39 is 11.7 Å². The van der Waals surface area contributed by atoms with Crippen LogP contribution in [0.2, 0.25) is 0 Å². The largest absolute Gasteiger partial charge is 0.417 e. The van der Waals surface area contributed by atoms with Crippen molar-refractivity contribution in [2.75, 3.05) is 31.5 Å². The van der Waals surface area contributed by atoms with Crippen molar-refractivity contribution in [3.05, 3.63) is 35.8 Å². The molecule has 0 saturated carbocycles. The first kappa shape index (κ1) is 24.0. The number of anilines is 1. The minimum absolute atomic E-state index is 0.00475. The number of likely N-dealkylation sites (tertiary alicyclic amines) is 1. The molecule has 2 aliphatic heterocycles. The SMILES string of the molecule is CC(Nc1ncc(C#N)c(-c2c[nH]c3ncc(C(F)(F)F)cc23)n1)C1CCN(C(=O)C2CNC2)CC1. The number of fused-ring (bicyclic) bond motifs is 1. The van der Waals surface area contributed by atoms with E-state index >= 15 is 0 Å². The number of nitriles is 1. The minimum Gasteiger partial charge on any atom is -0.351 e. The van der Waals surface area contributed by atoms with E-state index in [1.54, 1.807) is 0 Å². The van der Waals surface area contributed by atoms with Crippen LogP contribution in [0.3, 0.4) is 0 Å². The van der Waals surface area contributed by atoms with Crippen LogP contribution in [0, 0.1) is 23.2 Å². The van der Waals surface area contributed by atoms with Crippen molar-refractivity contribution in [3.63, 3.8) is 0 Å². The summed E-state index contributed by atoms with van der Waals surface area (Å²) in [6, 6.07) is 3.02. The van der Waals surface area contributed by atoms with E-state index in [0.717, 1.165) is 38.2 Å². The molecule has 3 aromatic rings. The first-order valence-corrected chi connectivity index (χ1v) is 11.8. The quantitative estimate of drug-likeness (QED) is 0.494. The second-order valence-electron chi connectivity index (χ2n) is 9.34. The molecule has 1 atom stereocenters. The molecule has 9 nitrogen and oxygen atoms in total. The molecular weight excluding hydrogens is 473 g/mol. The van der Waals surface area contributed by atoms with Crippen molar-refractivity contribution in [1.82, 2.24) is 30.2 Å². The number of pyridine rings is 1. The molecule has 0 spiro atoms. The lowest BCUT2D eigenvalue weighted by Crippen LogP contribution is -2.54. The van der Waals surface area contributed by atoms with Gasteiger partial charge in [-0.25, -0.2) is 15.0 Å². The Morgan fingerprint density at radius 3 is 2.64 bits per heavy atom. The number of carbonyl (C=O) groups is 1. The molecule has 5 heterocycles. The molecule has 188 valence electrons. The molecule has 3 aromatic heterocycles. The minimum atomic E-state index is -4.55. The molecule has 2 saturated heterocycles. The number of nitrogens with zero attached hydrogens (tertiary/aromatic N) is 5. The van der Waals surface area contributed by atoms with E-state index in [1.165, 1.54) is 12.4 Å². The maximum atomic E-state index is 13.3. The van der Waals surface area contributed by atoms with Crippen LogP contribution >= 0.6 is 0 Å². The zero-order valence-corrected chi connectivity index (χ0v) is 19.6. The van der Waals surface area contributed by atoms with Crippen molar-refractivity contribution in [3.8, 4) is 17.3 Å². The van der Waals surface area contributed by atoms with Gasteiger partial charge in [-0.2, -0.15) is 18.4 Å². The summed E-state index contributed by atoms with van der Waals surface area (Å²) in [7, 11) is 0. The zero-order valence-electron chi connectivity index (χ0n) is 19.6. The average molecular weight is 499 g/mol. The van der Waals surface area contributed by atoms with E-state index in [2.05, 4.69) is 30.6 Å². The first-order chi connectivity index (χ1) is 17.2. The van der Waals surface area contributed by atoms with Crippen LogP contribution in [0.15, 0.2) is 24.7 Å². The fraction of sp³-hybridized carbons (Fsp3) is 0.458. The Morgan fingerprint density at radius 1 is 1.25 bits per heavy atom. The van der Waals surface area contributed by atoms with Crippen LogP contribution in [0.1, 0.15) is 30.9 Å². The van der Waals surface area contributed by atoms with Crippen LogP contribution < -0.4 is 10.6 Å². The van der Waals surface area contributed by atoms with E-state index in [0.29, 0.717) is 24.6 Å². The Bertz CT molecular complexity index is 1320. The van der Waals surface area contributed by atoms with Crippen molar-refractivity contribution >= 4 is 22.9 Å². The predicted octanol–water partition coefficient (Wildman–Crippen LogP) is 3.17. The van der Waals surface area contributed by atoms with Crippen molar-refractivity contribution in [2.45, 2.75) is 32.0 Å². The van der Waals surface area contributed by atoms with Gasteiger partial charge in [0.15, 0.2) is 0 Å². The Labute approximate surface area is 205 Å². The third-order valence-electron chi connectivity index (χ3n) is 7.07. The summed E-state index contributed by atoms with van der Waals surface area (Å²) in [5, 5.41) is 16.2. The van der Waals surface area contributed by atoms with Gasteiger partial charge in [-0.1, -0.05) is 0 Å². The van der Waals surface area contributed by atoms with Crippen molar-refractivity contribution in [2.24, 2.45) is 11.8 Å². The number of halogens is 3. The fourth-order valence-corrected chi connectivity index (χ4v) is 4.76. The van der Waals surface area contributed by atoms with Crippen LogP contribution in [0.5, 0.6) is 0 Å². The number of aromatic amines is 1. The van der Waals surface area contributed by atoms with Gasteiger partial charge in [0.05, 0.1) is 28.9 Å². The highest BCUT2D eigenvalue weighted by Crippen LogP contribution is 2.35. The number of hydrogen-bond acceptors (Lipinski definition) is 7. The van der Waals surface area contributed by atoms with Gasteiger partial charge >= 0.3 is 6.18 Å². The van der Waals surface area contributed by atoms with Gasteiger partial charge < -0.3 is 20.5 Å². The molecule has 36 heavy (non-hydrogen) atoms. The summed E-state index contributed by atoms with van der Waals surface area (Å²) in [6.07, 6.45) is 0.778. The van der Waals surface area contributed by atoms with Gasteiger partial charge in [0.25, 0.3) is 0 Å². The second kappa shape index (κ2) is 9.39. The lowest BCUT2D eigenvalue weighted by molar-refractivity contribution is -0.139. The lowest BCUT2D eigenvalue weighted by Gasteiger charge is -2.38. The lowest BCUT2D eigenvalue weighted by atomic mass is 9.89. The molecule has 2 aliphatic rings. The third kappa shape index (κ3) is 4.58. The number of hydrogen-bond donors (Lipinski definition) is 3. The molecule has 12 heteroatoms. The summed E-state index contributed by atoms with van der Waals surface area (Å²) < 4.78 is 39.8. The Morgan fingerprint density at radius 2 is 2.00 bits per heavy atom. The van der Waals surface area contributed by atoms with E-state index in [9.17, 15) is 23.2 Å². The van der Waals surface area contributed by atoms with E-state index in [-0.39, 0.29) is 46.1 Å². The number of alkyl halides is 3. The fourth-order valence-electron chi connectivity index (χ4n) is 4.76. The normalized spacial score (nSPS) is 18.0. The third-order valence-corrected chi connectivity index (χ3v) is 7.07. The molecule has 0 aliphatic carbocycles. The van der Waals surface area contributed by atoms with Crippen LogP contribution in [0.4, 0.5) is 19.1 Å². The standard InChI is InChI=1S/C24H25F3N8O/c1-13(14-2-4-35(5-3-14)22(36)16-8-29-9-16)33-23-32-10-15(7-28)20(34-23)19-12-31-21-18(19)6-17(11-30-21)24(25,26)27/h6,10-14,16,29H,2-5,8-9H2,1H3,(H,30,31)(H,32,33,34). The summed E-state index contributed by atoms with van der Waals surface area (Å²) in [5.41, 5.74) is 0.0969. The van der Waals surface area contributed by atoms with Crippen LogP contribution in [0.25, 0.3) is 22.3 Å². The average Bonchev–Trinajstić information content (AvgIpc) is 3.25. The zero-order chi connectivity index (χ0) is 25.4. The number of aromatic nitrogens is 4. The molecule has 2 fully saturated rings. The maximum Gasteiger partial charge on any atom is 0.417 e. The highest BCUT2D eigenvalue weighted by atomic mass is 19.4. The number of H-pyrrole nitrogens is 1. The number of rotatable bonds is 5. The Balaban J connectivity index is 1.34. The topological polar surface area (TPSA) is 123 Å². The molecule has 1 unspecified atom stereocenters. The summed E-state index contributed by atoms with van der Waals surface area (Å²) in [5.74, 6) is 0.886. The van der Waals surface area contributed by atoms with Gasteiger partial charge in [0.2, 0.25) is 11.9 Å². The Hall–Kier alpha value is -3.72. The van der Waals surface area contributed by atoms with E-state index in [1.807, 2.05) is 17.9 Å². The van der Waals surface area contributed by atoms with Crippen LogP contribution in [-0.2, 0) is 11.0 Å². The highest BCUT2D eigenvalue weighted by Gasteiger charge is 2.33. The van der Waals surface area contributed by atoms with E-state index in [4.69, 9.17) is 0 Å². The molecule has 0 aromatic carbocycles. The predicted molar refractivity (Wildman–Crippen MR) is 126 cm³/mol. The molecule has 1 amide bonds. The van der Waals surface area contributed by atoms with Gasteiger partial charge in [-0.15, -0.1) is 0 Å². The number of amides is 1. The summed E-state index contributed by atoms with van der Waals surface area (Å²) in [4.78, 5) is 29.9. The monoisotopic (exact) mass is 498 g/mol. The number of carbonyl (C=O) groups excluding carboxylic acids is 1. The smallest absolute Gasteiger partial charge is 0.351 e. The summed E-state index contributed by atoms with van der Waals surface area (Å²) >= 11 is 0.